The van der Waals surface area contributed by atoms with Gasteiger partial charge >= 0.3 is 0 Å². The van der Waals surface area contributed by atoms with Crippen LogP contribution in [0.1, 0.15) is 24.4 Å². The topological polar surface area (TPSA) is 64.1 Å². The van der Waals surface area contributed by atoms with Gasteiger partial charge in [0.15, 0.2) is 0 Å². The third-order valence-corrected chi connectivity index (χ3v) is 2.23. The Kier molecular flexibility index (Phi) is 4.16. The lowest BCUT2D eigenvalue weighted by atomic mass is 10.0. The van der Waals surface area contributed by atoms with E-state index in [0.717, 1.165) is 24.1 Å². The molecule has 0 aliphatic carbocycles. The number of anilines is 1. The molecule has 0 spiro atoms. The zero-order valence-corrected chi connectivity index (χ0v) is 8.24. The summed E-state index contributed by atoms with van der Waals surface area (Å²) in [6, 6.07) is 7.86. The summed E-state index contributed by atoms with van der Waals surface area (Å²) in [4.78, 5) is 0. The number of rotatable bonds is 5. The quantitative estimate of drug-likeness (QED) is 0.287. The number of nitrogens with one attached hydrogen (secondary N) is 1. The Balaban J connectivity index is 2.78. The molecule has 0 saturated carbocycles. The summed E-state index contributed by atoms with van der Waals surface area (Å²) in [5.74, 6) is 5.47. The lowest BCUT2D eigenvalue weighted by Crippen LogP contribution is -2.28. The third kappa shape index (κ3) is 2.58. The van der Waals surface area contributed by atoms with Crippen LogP contribution in [0.25, 0.3) is 0 Å². The van der Waals surface area contributed by atoms with Gasteiger partial charge in [0.1, 0.15) is 0 Å². The van der Waals surface area contributed by atoms with Crippen molar-refractivity contribution in [2.45, 2.75) is 18.9 Å². The molecule has 0 saturated heterocycles. The Morgan fingerprint density at radius 1 is 1.43 bits per heavy atom. The van der Waals surface area contributed by atoms with Crippen LogP contribution in [0.2, 0.25) is 0 Å². The molecular formula is C11H17N3. The van der Waals surface area contributed by atoms with E-state index < -0.39 is 0 Å². The summed E-state index contributed by atoms with van der Waals surface area (Å²) < 4.78 is 0. The van der Waals surface area contributed by atoms with Gasteiger partial charge in [-0.1, -0.05) is 24.3 Å². The van der Waals surface area contributed by atoms with E-state index in [2.05, 4.69) is 12.0 Å². The number of hydrogen-bond acceptors (Lipinski definition) is 3. The molecular weight excluding hydrogens is 174 g/mol. The fourth-order valence-electron chi connectivity index (χ4n) is 1.44. The monoisotopic (exact) mass is 191 g/mol. The van der Waals surface area contributed by atoms with Gasteiger partial charge in [-0.15, -0.1) is 6.58 Å². The Morgan fingerprint density at radius 3 is 2.71 bits per heavy atom. The van der Waals surface area contributed by atoms with Gasteiger partial charge in [-0.25, -0.2) is 0 Å². The fourth-order valence-corrected chi connectivity index (χ4v) is 1.44. The van der Waals surface area contributed by atoms with E-state index in [1.54, 1.807) is 0 Å². The van der Waals surface area contributed by atoms with Crippen LogP contribution in [0.15, 0.2) is 36.9 Å². The van der Waals surface area contributed by atoms with E-state index in [1.807, 2.05) is 30.3 Å². The molecule has 1 aromatic carbocycles. The van der Waals surface area contributed by atoms with E-state index >= 15 is 0 Å². The lowest BCUT2D eigenvalue weighted by molar-refractivity contribution is 0.522. The third-order valence-electron chi connectivity index (χ3n) is 2.23. The molecule has 0 bridgehead atoms. The second-order valence-electron chi connectivity index (χ2n) is 3.21. The molecule has 0 radical (unpaired) electrons. The van der Waals surface area contributed by atoms with Crippen molar-refractivity contribution in [1.29, 1.82) is 0 Å². The predicted molar refractivity (Wildman–Crippen MR) is 60.3 cm³/mol. The van der Waals surface area contributed by atoms with Crippen molar-refractivity contribution >= 4 is 5.69 Å². The van der Waals surface area contributed by atoms with Crippen LogP contribution in [0.5, 0.6) is 0 Å². The maximum atomic E-state index is 5.85. The molecule has 1 unspecified atom stereocenters. The highest BCUT2D eigenvalue weighted by Gasteiger charge is 2.10. The van der Waals surface area contributed by atoms with Gasteiger partial charge < -0.3 is 5.73 Å². The van der Waals surface area contributed by atoms with Crippen molar-refractivity contribution in [1.82, 2.24) is 5.43 Å². The van der Waals surface area contributed by atoms with E-state index in [4.69, 9.17) is 11.6 Å². The molecule has 0 aromatic heterocycles. The molecule has 1 rings (SSSR count). The second kappa shape index (κ2) is 5.42. The van der Waals surface area contributed by atoms with Crippen molar-refractivity contribution < 1.29 is 0 Å². The molecule has 1 atom stereocenters. The van der Waals surface area contributed by atoms with Crippen LogP contribution in [0, 0.1) is 0 Å². The summed E-state index contributed by atoms with van der Waals surface area (Å²) >= 11 is 0. The minimum Gasteiger partial charge on any atom is -0.398 e. The van der Waals surface area contributed by atoms with Crippen LogP contribution in [-0.4, -0.2) is 0 Å². The molecule has 5 N–H and O–H groups in total. The second-order valence-corrected chi connectivity index (χ2v) is 3.21. The van der Waals surface area contributed by atoms with Gasteiger partial charge in [-0.2, -0.15) is 0 Å². The van der Waals surface area contributed by atoms with Gasteiger partial charge in [0.2, 0.25) is 0 Å². The van der Waals surface area contributed by atoms with Gasteiger partial charge in [0.05, 0.1) is 0 Å². The Bertz CT molecular complexity index is 296. The molecule has 0 heterocycles. The minimum atomic E-state index is 0.106. The van der Waals surface area contributed by atoms with E-state index in [-0.39, 0.29) is 6.04 Å². The van der Waals surface area contributed by atoms with E-state index in [9.17, 15) is 0 Å². The summed E-state index contributed by atoms with van der Waals surface area (Å²) in [6.45, 7) is 3.68. The standard InChI is InChI=1S/C11H17N3/c1-2-3-8-11(14-13)9-6-4-5-7-10(9)12/h2,4-7,11,14H,1,3,8,12-13H2. The molecule has 3 heteroatoms. The Labute approximate surface area is 84.8 Å². The first-order chi connectivity index (χ1) is 6.79. The molecule has 1 aromatic rings. The predicted octanol–water partition coefficient (Wildman–Crippen LogP) is 1.74. The number of nitrogens with two attached hydrogens (primary N) is 2. The van der Waals surface area contributed by atoms with Crippen molar-refractivity contribution in [2.24, 2.45) is 5.84 Å². The molecule has 0 fully saturated rings. The minimum absolute atomic E-state index is 0.106. The number of hydrogen-bond donors (Lipinski definition) is 3. The number of hydrazine groups is 1. The van der Waals surface area contributed by atoms with Crippen LogP contribution in [-0.2, 0) is 0 Å². The first-order valence-corrected chi connectivity index (χ1v) is 4.71. The molecule has 3 nitrogen and oxygen atoms in total. The average Bonchev–Trinajstić information content (AvgIpc) is 2.21. The number of benzene rings is 1. The van der Waals surface area contributed by atoms with Crippen LogP contribution in [0.4, 0.5) is 5.69 Å². The lowest BCUT2D eigenvalue weighted by Gasteiger charge is -2.17. The van der Waals surface area contributed by atoms with Crippen LogP contribution in [0.3, 0.4) is 0 Å². The largest absolute Gasteiger partial charge is 0.398 e. The highest BCUT2D eigenvalue weighted by Crippen LogP contribution is 2.23. The maximum Gasteiger partial charge on any atom is 0.0483 e. The highest BCUT2D eigenvalue weighted by atomic mass is 15.2. The highest BCUT2D eigenvalue weighted by molar-refractivity contribution is 5.48. The first-order valence-electron chi connectivity index (χ1n) is 4.71. The van der Waals surface area contributed by atoms with Gasteiger partial charge in [0.25, 0.3) is 0 Å². The summed E-state index contributed by atoms with van der Waals surface area (Å²) in [5, 5.41) is 0. The summed E-state index contributed by atoms with van der Waals surface area (Å²) in [7, 11) is 0. The van der Waals surface area contributed by atoms with Gasteiger partial charge in [0, 0.05) is 11.7 Å². The van der Waals surface area contributed by atoms with Gasteiger partial charge in [-0.05, 0) is 24.5 Å². The van der Waals surface area contributed by atoms with Crippen molar-refractivity contribution in [3.63, 3.8) is 0 Å². The molecule has 0 aliphatic heterocycles. The Morgan fingerprint density at radius 2 is 2.14 bits per heavy atom. The maximum absolute atomic E-state index is 5.85. The van der Waals surface area contributed by atoms with Gasteiger partial charge in [-0.3, -0.25) is 11.3 Å². The van der Waals surface area contributed by atoms with Crippen LogP contribution < -0.4 is 17.0 Å². The summed E-state index contributed by atoms with van der Waals surface area (Å²) in [6.07, 6.45) is 3.71. The van der Waals surface area contributed by atoms with E-state index in [1.165, 1.54) is 0 Å². The SMILES string of the molecule is C=CCCC(NN)c1ccccc1N. The number of allylic oxidation sites excluding steroid dienone is 1. The molecule has 14 heavy (non-hydrogen) atoms. The van der Waals surface area contributed by atoms with Crippen molar-refractivity contribution in [3.05, 3.63) is 42.5 Å². The van der Waals surface area contributed by atoms with E-state index in [0.29, 0.717) is 0 Å². The van der Waals surface area contributed by atoms with Crippen LogP contribution >= 0.6 is 0 Å². The zero-order valence-electron chi connectivity index (χ0n) is 8.24. The average molecular weight is 191 g/mol. The molecule has 76 valence electrons. The first kappa shape index (κ1) is 10.8. The number of para-hydroxylation sites is 1. The molecule has 0 aliphatic rings. The number of nitrogen functional groups attached to an aromatic ring is 1. The normalized spacial score (nSPS) is 12.4. The van der Waals surface area contributed by atoms with Crippen molar-refractivity contribution in [2.75, 3.05) is 5.73 Å². The zero-order chi connectivity index (χ0) is 10.4. The van der Waals surface area contributed by atoms with Crippen molar-refractivity contribution in [3.8, 4) is 0 Å². The Hall–Kier alpha value is -1.32. The smallest absolute Gasteiger partial charge is 0.0483 e. The fraction of sp³-hybridized carbons (Fsp3) is 0.273. The summed E-state index contributed by atoms with van der Waals surface area (Å²) in [5.41, 5.74) is 10.4. The molecule has 0 amide bonds.